The van der Waals surface area contributed by atoms with Crippen molar-refractivity contribution >= 4 is 0 Å². The van der Waals surface area contributed by atoms with Gasteiger partial charge >= 0.3 is 0 Å². The van der Waals surface area contributed by atoms with E-state index in [0.717, 1.165) is 13.0 Å². The highest BCUT2D eigenvalue weighted by Gasteiger charge is 2.10. The molecule has 0 saturated heterocycles. The topological polar surface area (TPSA) is 32.3 Å². The highest BCUT2D eigenvalue weighted by atomic mass is 16.3. The fourth-order valence-corrected chi connectivity index (χ4v) is 2.22. The Bertz CT molecular complexity index is 322. The first-order valence-electron chi connectivity index (χ1n) is 5.82. The molecule has 2 heteroatoms. The molecule has 0 aromatic heterocycles. The minimum absolute atomic E-state index is 0.226. The van der Waals surface area contributed by atoms with Crippen molar-refractivity contribution in [3.63, 3.8) is 0 Å². The molecule has 0 saturated carbocycles. The summed E-state index contributed by atoms with van der Waals surface area (Å²) in [5.74, 6) is 0. The van der Waals surface area contributed by atoms with Crippen LogP contribution in [0.3, 0.4) is 0 Å². The van der Waals surface area contributed by atoms with Crippen LogP contribution in [-0.4, -0.2) is 24.8 Å². The Morgan fingerprint density at radius 2 is 2.00 bits per heavy atom. The third kappa shape index (κ3) is 2.80. The number of fused-ring (bicyclic) bond motifs is 1. The summed E-state index contributed by atoms with van der Waals surface area (Å²) < 4.78 is 0. The zero-order valence-corrected chi connectivity index (χ0v) is 9.13. The molecule has 0 amide bonds. The van der Waals surface area contributed by atoms with Crippen LogP contribution in [0.15, 0.2) is 18.2 Å². The van der Waals surface area contributed by atoms with Crippen LogP contribution in [0.25, 0.3) is 0 Å². The zero-order chi connectivity index (χ0) is 10.5. The minimum Gasteiger partial charge on any atom is -0.395 e. The lowest BCUT2D eigenvalue weighted by atomic mass is 10.0. The molecule has 0 fully saturated rings. The van der Waals surface area contributed by atoms with Gasteiger partial charge in [-0.2, -0.15) is 0 Å². The van der Waals surface area contributed by atoms with Crippen molar-refractivity contribution in [2.45, 2.75) is 25.7 Å². The first kappa shape index (κ1) is 10.7. The molecule has 0 radical (unpaired) electrons. The van der Waals surface area contributed by atoms with Crippen LogP contribution < -0.4 is 5.32 Å². The Kier molecular flexibility index (Phi) is 3.75. The maximum atomic E-state index is 8.63. The number of nitrogens with one attached hydrogen (secondary N) is 1. The monoisotopic (exact) mass is 205 g/mol. The molecule has 15 heavy (non-hydrogen) atoms. The van der Waals surface area contributed by atoms with Crippen molar-refractivity contribution in [2.75, 3.05) is 19.7 Å². The second kappa shape index (κ2) is 5.29. The molecule has 1 aromatic rings. The number of hydrogen-bond donors (Lipinski definition) is 2. The normalized spacial score (nSPS) is 14.2. The SMILES string of the molecule is OCCNCCc1ccc2c(c1)CCC2. The number of aliphatic hydroxyl groups is 1. The minimum atomic E-state index is 0.226. The van der Waals surface area contributed by atoms with Gasteiger partial charge in [0.25, 0.3) is 0 Å². The van der Waals surface area contributed by atoms with Gasteiger partial charge < -0.3 is 10.4 Å². The number of aryl methyl sites for hydroxylation is 2. The summed E-state index contributed by atoms with van der Waals surface area (Å²) in [6.45, 7) is 1.88. The highest BCUT2D eigenvalue weighted by molar-refractivity contribution is 5.35. The van der Waals surface area contributed by atoms with Crippen LogP contribution >= 0.6 is 0 Å². The molecule has 0 spiro atoms. The predicted molar refractivity (Wildman–Crippen MR) is 62.1 cm³/mol. The van der Waals surface area contributed by atoms with Gasteiger partial charge in [-0.1, -0.05) is 18.2 Å². The van der Waals surface area contributed by atoms with Crippen LogP contribution in [0.2, 0.25) is 0 Å². The summed E-state index contributed by atoms with van der Waals surface area (Å²) >= 11 is 0. The van der Waals surface area contributed by atoms with Gasteiger partial charge in [-0.25, -0.2) is 0 Å². The number of rotatable bonds is 5. The van der Waals surface area contributed by atoms with Crippen molar-refractivity contribution in [3.05, 3.63) is 34.9 Å². The van der Waals surface area contributed by atoms with Crippen LogP contribution in [0.1, 0.15) is 23.1 Å². The Morgan fingerprint density at radius 3 is 2.87 bits per heavy atom. The summed E-state index contributed by atoms with van der Waals surface area (Å²) in [5.41, 5.74) is 4.51. The molecule has 0 atom stereocenters. The van der Waals surface area contributed by atoms with E-state index in [9.17, 15) is 0 Å². The third-order valence-electron chi connectivity index (χ3n) is 3.04. The quantitative estimate of drug-likeness (QED) is 0.710. The molecule has 2 nitrogen and oxygen atoms in total. The summed E-state index contributed by atoms with van der Waals surface area (Å²) in [6.07, 6.45) is 4.90. The number of benzene rings is 1. The molecule has 1 aromatic carbocycles. The van der Waals surface area contributed by atoms with E-state index >= 15 is 0 Å². The molecule has 82 valence electrons. The Balaban J connectivity index is 1.87. The molecule has 1 aliphatic rings. The fraction of sp³-hybridized carbons (Fsp3) is 0.538. The van der Waals surface area contributed by atoms with E-state index in [0.29, 0.717) is 6.54 Å². The molecular formula is C13H19NO. The van der Waals surface area contributed by atoms with E-state index in [1.165, 1.54) is 24.8 Å². The van der Waals surface area contributed by atoms with Gasteiger partial charge in [0, 0.05) is 6.54 Å². The second-order valence-corrected chi connectivity index (χ2v) is 4.18. The third-order valence-corrected chi connectivity index (χ3v) is 3.04. The number of aliphatic hydroxyl groups excluding tert-OH is 1. The maximum absolute atomic E-state index is 8.63. The van der Waals surface area contributed by atoms with Crippen LogP contribution in [0, 0.1) is 0 Å². The van der Waals surface area contributed by atoms with Crippen molar-refractivity contribution in [3.8, 4) is 0 Å². The summed E-state index contributed by atoms with van der Waals surface area (Å²) in [5, 5.41) is 11.8. The smallest absolute Gasteiger partial charge is 0.0555 e. The van der Waals surface area contributed by atoms with E-state index in [1.807, 2.05) is 0 Å². The Morgan fingerprint density at radius 1 is 1.13 bits per heavy atom. The largest absolute Gasteiger partial charge is 0.395 e. The van der Waals surface area contributed by atoms with Gasteiger partial charge in [0.1, 0.15) is 0 Å². The first-order chi connectivity index (χ1) is 7.40. The lowest BCUT2D eigenvalue weighted by molar-refractivity contribution is 0.293. The second-order valence-electron chi connectivity index (χ2n) is 4.18. The molecule has 0 unspecified atom stereocenters. The van der Waals surface area contributed by atoms with E-state index in [2.05, 4.69) is 23.5 Å². The molecular weight excluding hydrogens is 186 g/mol. The van der Waals surface area contributed by atoms with E-state index in [-0.39, 0.29) is 6.61 Å². The fourth-order valence-electron chi connectivity index (χ4n) is 2.22. The van der Waals surface area contributed by atoms with Gasteiger partial charge in [-0.3, -0.25) is 0 Å². The predicted octanol–water partition coefficient (Wildman–Crippen LogP) is 1.30. The average molecular weight is 205 g/mol. The van der Waals surface area contributed by atoms with Gasteiger partial charge in [-0.05, 0) is 48.9 Å². The van der Waals surface area contributed by atoms with Crippen LogP contribution in [-0.2, 0) is 19.3 Å². The number of hydrogen-bond acceptors (Lipinski definition) is 2. The molecule has 0 aliphatic heterocycles. The summed E-state index contributed by atoms with van der Waals surface area (Å²) in [7, 11) is 0. The van der Waals surface area contributed by atoms with Crippen molar-refractivity contribution in [1.82, 2.24) is 5.32 Å². The van der Waals surface area contributed by atoms with Crippen molar-refractivity contribution < 1.29 is 5.11 Å². The van der Waals surface area contributed by atoms with Crippen molar-refractivity contribution in [2.24, 2.45) is 0 Å². The van der Waals surface area contributed by atoms with E-state index in [1.54, 1.807) is 11.1 Å². The molecule has 2 rings (SSSR count). The van der Waals surface area contributed by atoms with Gasteiger partial charge in [-0.15, -0.1) is 0 Å². The van der Waals surface area contributed by atoms with Crippen molar-refractivity contribution in [1.29, 1.82) is 0 Å². The average Bonchev–Trinajstić information content (AvgIpc) is 2.71. The molecule has 2 N–H and O–H groups in total. The van der Waals surface area contributed by atoms with E-state index < -0.39 is 0 Å². The van der Waals surface area contributed by atoms with Crippen LogP contribution in [0.4, 0.5) is 0 Å². The molecule has 0 bridgehead atoms. The van der Waals surface area contributed by atoms with E-state index in [4.69, 9.17) is 5.11 Å². The molecule has 1 aliphatic carbocycles. The van der Waals surface area contributed by atoms with Gasteiger partial charge in [0.15, 0.2) is 0 Å². The summed E-state index contributed by atoms with van der Waals surface area (Å²) in [4.78, 5) is 0. The lowest BCUT2D eigenvalue weighted by Crippen LogP contribution is -2.20. The van der Waals surface area contributed by atoms with Gasteiger partial charge in [0.2, 0.25) is 0 Å². The Hall–Kier alpha value is -0.860. The molecule has 0 heterocycles. The lowest BCUT2D eigenvalue weighted by Gasteiger charge is -2.05. The van der Waals surface area contributed by atoms with Crippen LogP contribution in [0.5, 0.6) is 0 Å². The van der Waals surface area contributed by atoms with Gasteiger partial charge in [0.05, 0.1) is 6.61 Å². The Labute approximate surface area is 91.3 Å². The summed E-state index contributed by atoms with van der Waals surface area (Å²) in [6, 6.07) is 6.87. The maximum Gasteiger partial charge on any atom is 0.0555 e. The first-order valence-corrected chi connectivity index (χ1v) is 5.82. The standard InChI is InChI=1S/C13H19NO/c15-9-8-14-7-6-11-4-5-12-2-1-3-13(12)10-11/h4-5,10,14-15H,1-3,6-9H2. The zero-order valence-electron chi connectivity index (χ0n) is 9.13. The highest BCUT2D eigenvalue weighted by Crippen LogP contribution is 2.22.